The normalized spacial score (nSPS) is 16.3. The number of hydrogen-bond donors (Lipinski definition) is 1. The van der Waals surface area contributed by atoms with Gasteiger partial charge in [0, 0.05) is 25.7 Å². The average molecular weight is 332 g/mol. The molecule has 1 amide bonds. The number of amides is 1. The number of likely N-dealkylation sites (tertiary alicyclic amines) is 1. The summed E-state index contributed by atoms with van der Waals surface area (Å²) in [7, 11) is 1.35. The minimum Gasteiger partial charge on any atom is -0.453 e. The van der Waals surface area contributed by atoms with E-state index in [1.54, 1.807) is 11.0 Å². The molecule has 1 fully saturated rings. The maximum absolute atomic E-state index is 12.2. The van der Waals surface area contributed by atoms with E-state index in [0.29, 0.717) is 25.2 Å². The van der Waals surface area contributed by atoms with Crippen LogP contribution in [-0.2, 0) is 11.3 Å². The molecular weight excluding hydrogens is 313 g/mol. The van der Waals surface area contributed by atoms with Crippen LogP contribution >= 0.6 is 0 Å². The van der Waals surface area contributed by atoms with Crippen LogP contribution in [0.3, 0.4) is 0 Å². The summed E-state index contributed by atoms with van der Waals surface area (Å²) in [6, 6.07) is 6.11. The number of nitrogens with zero attached hydrogens (tertiary/aromatic N) is 1. The van der Waals surface area contributed by atoms with Crippen LogP contribution in [0.15, 0.2) is 24.3 Å². The van der Waals surface area contributed by atoms with E-state index in [4.69, 9.17) is 0 Å². The van der Waals surface area contributed by atoms with Gasteiger partial charge in [-0.05, 0) is 30.5 Å². The van der Waals surface area contributed by atoms with Crippen molar-refractivity contribution in [3.05, 3.63) is 29.8 Å². The topological polar surface area (TPSA) is 50.8 Å². The van der Waals surface area contributed by atoms with Gasteiger partial charge in [-0.15, -0.1) is 13.2 Å². The van der Waals surface area contributed by atoms with Crippen molar-refractivity contribution >= 4 is 6.09 Å². The zero-order chi connectivity index (χ0) is 16.9. The number of methoxy groups -OCH3 is 1. The van der Waals surface area contributed by atoms with Crippen molar-refractivity contribution < 1.29 is 27.4 Å². The Morgan fingerprint density at radius 2 is 2.04 bits per heavy atom. The third kappa shape index (κ3) is 5.63. The number of nitrogens with one attached hydrogen (secondary N) is 1. The molecule has 5 nitrogen and oxygen atoms in total. The van der Waals surface area contributed by atoms with Gasteiger partial charge in [0.25, 0.3) is 0 Å². The van der Waals surface area contributed by atoms with Crippen molar-refractivity contribution in [3.8, 4) is 5.75 Å². The third-order valence-electron chi connectivity index (χ3n) is 3.65. The van der Waals surface area contributed by atoms with Gasteiger partial charge in [0.1, 0.15) is 5.75 Å². The lowest BCUT2D eigenvalue weighted by Crippen LogP contribution is -2.44. The van der Waals surface area contributed by atoms with Crippen LogP contribution < -0.4 is 10.1 Å². The predicted molar refractivity (Wildman–Crippen MR) is 77.0 cm³/mol. The van der Waals surface area contributed by atoms with Gasteiger partial charge in [0.05, 0.1) is 7.11 Å². The second-order valence-corrected chi connectivity index (χ2v) is 5.31. The van der Waals surface area contributed by atoms with E-state index in [1.807, 2.05) is 0 Å². The number of carbonyl (C=O) groups excluding carboxylic acids is 1. The second-order valence-electron chi connectivity index (χ2n) is 5.31. The number of alkyl halides is 3. The SMILES string of the molecule is COC(=O)N1CCC(NCc2cccc(OC(F)(F)F)c2)CC1. The van der Waals surface area contributed by atoms with Gasteiger partial charge in [0.2, 0.25) is 0 Å². The summed E-state index contributed by atoms with van der Waals surface area (Å²) >= 11 is 0. The number of benzene rings is 1. The molecule has 0 aromatic heterocycles. The Morgan fingerprint density at radius 3 is 2.65 bits per heavy atom. The summed E-state index contributed by atoms with van der Waals surface area (Å²) < 4.78 is 45.2. The molecule has 1 aromatic carbocycles. The van der Waals surface area contributed by atoms with Crippen molar-refractivity contribution in [2.75, 3.05) is 20.2 Å². The molecule has 0 bridgehead atoms. The standard InChI is InChI=1S/C15H19F3N2O3/c1-22-14(21)20-7-5-12(6-8-20)19-10-11-3-2-4-13(9-11)23-15(16,17)18/h2-4,9,12,19H,5-8,10H2,1H3. The monoisotopic (exact) mass is 332 g/mol. The van der Waals surface area contributed by atoms with Crippen molar-refractivity contribution in [2.24, 2.45) is 0 Å². The highest BCUT2D eigenvalue weighted by Gasteiger charge is 2.31. The van der Waals surface area contributed by atoms with E-state index in [9.17, 15) is 18.0 Å². The molecular formula is C15H19F3N2O3. The minimum atomic E-state index is -4.69. The molecule has 1 heterocycles. The fourth-order valence-electron chi connectivity index (χ4n) is 2.51. The molecule has 128 valence electrons. The van der Waals surface area contributed by atoms with Crippen molar-refractivity contribution in [1.82, 2.24) is 10.2 Å². The van der Waals surface area contributed by atoms with Gasteiger partial charge in [-0.25, -0.2) is 4.79 Å². The highest BCUT2D eigenvalue weighted by atomic mass is 19.4. The van der Waals surface area contributed by atoms with Crippen LogP contribution in [0.4, 0.5) is 18.0 Å². The Kier molecular flexibility index (Phi) is 5.70. The van der Waals surface area contributed by atoms with Crippen LogP contribution in [0.5, 0.6) is 5.75 Å². The molecule has 8 heteroatoms. The summed E-state index contributed by atoms with van der Waals surface area (Å²) in [5, 5.41) is 3.29. The fourth-order valence-corrected chi connectivity index (χ4v) is 2.51. The van der Waals surface area contributed by atoms with Crippen LogP contribution in [-0.4, -0.2) is 43.6 Å². The van der Waals surface area contributed by atoms with Gasteiger partial charge >= 0.3 is 12.5 Å². The maximum Gasteiger partial charge on any atom is 0.573 e. The Labute approximate surface area is 132 Å². The summed E-state index contributed by atoms with van der Waals surface area (Å²) in [6.45, 7) is 1.64. The quantitative estimate of drug-likeness (QED) is 0.921. The van der Waals surface area contributed by atoms with Gasteiger partial charge in [-0.2, -0.15) is 0 Å². The molecule has 1 saturated heterocycles. The van der Waals surface area contributed by atoms with Crippen LogP contribution in [0.25, 0.3) is 0 Å². The number of hydrogen-bond acceptors (Lipinski definition) is 4. The number of carbonyl (C=O) groups is 1. The molecule has 1 aliphatic rings. The first kappa shape index (κ1) is 17.4. The van der Waals surface area contributed by atoms with Crippen molar-refractivity contribution in [1.29, 1.82) is 0 Å². The maximum atomic E-state index is 12.2. The molecule has 0 atom stereocenters. The van der Waals surface area contributed by atoms with Crippen molar-refractivity contribution in [2.45, 2.75) is 31.8 Å². The lowest BCUT2D eigenvalue weighted by Gasteiger charge is -2.31. The zero-order valence-corrected chi connectivity index (χ0v) is 12.7. The third-order valence-corrected chi connectivity index (χ3v) is 3.65. The van der Waals surface area contributed by atoms with Crippen molar-refractivity contribution in [3.63, 3.8) is 0 Å². The number of piperidine rings is 1. The summed E-state index contributed by atoms with van der Waals surface area (Å²) in [5.74, 6) is -0.225. The fraction of sp³-hybridized carbons (Fsp3) is 0.533. The first-order valence-electron chi connectivity index (χ1n) is 7.28. The summed E-state index contributed by atoms with van der Waals surface area (Å²) in [6.07, 6.45) is -3.48. The Bertz CT molecular complexity index is 529. The summed E-state index contributed by atoms with van der Waals surface area (Å²) in [4.78, 5) is 13.0. The van der Waals surface area contributed by atoms with E-state index in [-0.39, 0.29) is 17.9 Å². The molecule has 1 aliphatic heterocycles. The Balaban J connectivity index is 1.81. The number of rotatable bonds is 4. The van der Waals surface area contributed by atoms with Crippen LogP contribution in [0, 0.1) is 0 Å². The lowest BCUT2D eigenvalue weighted by molar-refractivity contribution is -0.274. The molecule has 1 N–H and O–H groups in total. The smallest absolute Gasteiger partial charge is 0.453 e. The average Bonchev–Trinajstić information content (AvgIpc) is 2.51. The van der Waals surface area contributed by atoms with E-state index in [1.165, 1.54) is 25.3 Å². The molecule has 0 unspecified atom stereocenters. The Hall–Kier alpha value is -1.96. The molecule has 23 heavy (non-hydrogen) atoms. The van der Waals surface area contributed by atoms with Gasteiger partial charge in [-0.1, -0.05) is 12.1 Å². The molecule has 2 rings (SSSR count). The molecule has 0 saturated carbocycles. The molecule has 0 spiro atoms. The molecule has 1 aromatic rings. The number of halogens is 3. The van der Waals surface area contributed by atoms with Crippen LogP contribution in [0.2, 0.25) is 0 Å². The Morgan fingerprint density at radius 1 is 1.35 bits per heavy atom. The lowest BCUT2D eigenvalue weighted by atomic mass is 10.0. The zero-order valence-electron chi connectivity index (χ0n) is 12.7. The largest absolute Gasteiger partial charge is 0.573 e. The van der Waals surface area contributed by atoms with Crippen LogP contribution in [0.1, 0.15) is 18.4 Å². The van der Waals surface area contributed by atoms with Gasteiger partial charge in [-0.3, -0.25) is 0 Å². The predicted octanol–water partition coefficient (Wildman–Crippen LogP) is 2.91. The molecule has 0 radical (unpaired) electrons. The van der Waals surface area contributed by atoms with E-state index < -0.39 is 6.36 Å². The highest BCUT2D eigenvalue weighted by Crippen LogP contribution is 2.23. The first-order chi connectivity index (χ1) is 10.9. The van der Waals surface area contributed by atoms with Gasteiger partial charge < -0.3 is 19.7 Å². The first-order valence-corrected chi connectivity index (χ1v) is 7.28. The molecule has 0 aliphatic carbocycles. The highest BCUT2D eigenvalue weighted by molar-refractivity contribution is 5.67. The van der Waals surface area contributed by atoms with E-state index >= 15 is 0 Å². The summed E-state index contributed by atoms with van der Waals surface area (Å²) in [5.41, 5.74) is 0.710. The van der Waals surface area contributed by atoms with E-state index in [0.717, 1.165) is 12.8 Å². The van der Waals surface area contributed by atoms with Gasteiger partial charge in [0.15, 0.2) is 0 Å². The minimum absolute atomic E-state index is 0.211. The number of ether oxygens (including phenoxy) is 2. The second kappa shape index (κ2) is 7.54. The van der Waals surface area contributed by atoms with E-state index in [2.05, 4.69) is 14.8 Å².